The topological polar surface area (TPSA) is 93.9 Å². The average molecular weight is 323 g/mol. The lowest BCUT2D eigenvalue weighted by Crippen LogP contribution is -2.47. The van der Waals surface area contributed by atoms with Crippen LogP contribution in [0.15, 0.2) is 12.1 Å². The third-order valence-electron chi connectivity index (χ3n) is 4.05. The Morgan fingerprint density at radius 3 is 2.57 bits per heavy atom. The van der Waals surface area contributed by atoms with E-state index in [9.17, 15) is 14.9 Å². The van der Waals surface area contributed by atoms with E-state index in [1.165, 1.54) is 26.4 Å². The summed E-state index contributed by atoms with van der Waals surface area (Å²) >= 11 is 0. The largest absolute Gasteiger partial charge is 0.493 e. The zero-order chi connectivity index (χ0) is 17.0. The van der Waals surface area contributed by atoms with Crippen molar-refractivity contribution in [3.63, 3.8) is 0 Å². The Balaban J connectivity index is 2.40. The molecule has 0 spiro atoms. The van der Waals surface area contributed by atoms with Crippen molar-refractivity contribution in [2.45, 2.75) is 18.9 Å². The van der Waals surface area contributed by atoms with Gasteiger partial charge in [-0.2, -0.15) is 0 Å². The molecule has 1 aromatic rings. The molecule has 126 valence electrons. The van der Waals surface area contributed by atoms with Crippen LogP contribution in [0.4, 0.5) is 5.69 Å². The average Bonchev–Trinajstić information content (AvgIpc) is 2.59. The highest BCUT2D eigenvalue weighted by Gasteiger charge is 2.30. The molecule has 1 unspecified atom stereocenters. The third-order valence-corrected chi connectivity index (χ3v) is 4.05. The summed E-state index contributed by atoms with van der Waals surface area (Å²) in [7, 11) is 4.67. The second-order valence-electron chi connectivity index (χ2n) is 5.36. The van der Waals surface area contributed by atoms with Crippen LogP contribution in [0.25, 0.3) is 0 Å². The zero-order valence-electron chi connectivity index (χ0n) is 13.5. The number of piperidine rings is 1. The van der Waals surface area contributed by atoms with E-state index in [-0.39, 0.29) is 28.9 Å². The highest BCUT2D eigenvalue weighted by atomic mass is 16.6. The molecule has 1 atom stereocenters. The minimum absolute atomic E-state index is 0.0180. The van der Waals surface area contributed by atoms with Gasteiger partial charge < -0.3 is 19.7 Å². The Kier molecular flexibility index (Phi) is 5.38. The Bertz CT molecular complexity index is 605. The molecule has 0 radical (unpaired) electrons. The van der Waals surface area contributed by atoms with E-state index < -0.39 is 4.92 Å². The molecular weight excluding hydrogens is 302 g/mol. The standard InChI is InChI=1S/C15H21N3O5/c1-16-10-5-4-6-17(9-10)15(19)11-7-13(22-2)14(23-3)8-12(11)18(20)21/h7-8,10,16H,4-6,9H2,1-3H3. The van der Waals surface area contributed by atoms with Crippen LogP contribution in [0.5, 0.6) is 11.5 Å². The van der Waals surface area contributed by atoms with Gasteiger partial charge in [-0.1, -0.05) is 0 Å². The van der Waals surface area contributed by atoms with Crippen molar-refractivity contribution in [3.05, 3.63) is 27.8 Å². The van der Waals surface area contributed by atoms with Crippen molar-refractivity contribution in [1.82, 2.24) is 10.2 Å². The number of carbonyl (C=O) groups excluding carboxylic acids is 1. The fourth-order valence-corrected chi connectivity index (χ4v) is 2.76. The van der Waals surface area contributed by atoms with E-state index in [0.29, 0.717) is 18.8 Å². The van der Waals surface area contributed by atoms with Crippen LogP contribution in [0, 0.1) is 10.1 Å². The van der Waals surface area contributed by atoms with Crippen LogP contribution in [0.1, 0.15) is 23.2 Å². The van der Waals surface area contributed by atoms with E-state index in [0.717, 1.165) is 12.8 Å². The molecule has 1 fully saturated rings. The number of likely N-dealkylation sites (tertiary alicyclic amines) is 1. The Labute approximate surface area is 134 Å². The predicted molar refractivity (Wildman–Crippen MR) is 84.2 cm³/mol. The van der Waals surface area contributed by atoms with Gasteiger partial charge in [0.15, 0.2) is 11.5 Å². The fourth-order valence-electron chi connectivity index (χ4n) is 2.76. The molecule has 23 heavy (non-hydrogen) atoms. The Morgan fingerprint density at radius 1 is 1.35 bits per heavy atom. The van der Waals surface area contributed by atoms with Gasteiger partial charge in [0.2, 0.25) is 0 Å². The summed E-state index contributed by atoms with van der Waals surface area (Å²) in [5, 5.41) is 14.5. The molecule has 1 N–H and O–H groups in total. The van der Waals surface area contributed by atoms with Crippen molar-refractivity contribution in [2.75, 3.05) is 34.4 Å². The van der Waals surface area contributed by atoms with E-state index in [1.54, 1.807) is 4.90 Å². The molecule has 0 bridgehead atoms. The molecule has 8 nitrogen and oxygen atoms in total. The molecule has 0 saturated carbocycles. The van der Waals surface area contributed by atoms with Crippen molar-refractivity contribution >= 4 is 11.6 Å². The van der Waals surface area contributed by atoms with Crippen LogP contribution in [-0.2, 0) is 0 Å². The summed E-state index contributed by atoms with van der Waals surface area (Å²) in [6, 6.07) is 2.81. The van der Waals surface area contributed by atoms with E-state index in [4.69, 9.17) is 9.47 Å². The number of amides is 1. The first-order chi connectivity index (χ1) is 11.0. The maximum atomic E-state index is 12.8. The second-order valence-corrected chi connectivity index (χ2v) is 5.36. The normalized spacial score (nSPS) is 17.7. The van der Waals surface area contributed by atoms with Crippen molar-refractivity contribution in [1.29, 1.82) is 0 Å². The summed E-state index contributed by atoms with van der Waals surface area (Å²) in [4.78, 5) is 25.1. The SMILES string of the molecule is CNC1CCCN(C(=O)c2cc(OC)c(OC)cc2[N+](=O)[O-])C1. The van der Waals surface area contributed by atoms with Gasteiger partial charge in [0.1, 0.15) is 5.56 Å². The van der Waals surface area contributed by atoms with Crippen LogP contribution in [0.2, 0.25) is 0 Å². The molecule has 1 aliphatic heterocycles. The molecule has 1 amide bonds. The number of hydrogen-bond donors (Lipinski definition) is 1. The first-order valence-corrected chi connectivity index (χ1v) is 7.38. The number of hydrogen-bond acceptors (Lipinski definition) is 6. The van der Waals surface area contributed by atoms with Crippen LogP contribution in [-0.4, -0.2) is 56.1 Å². The van der Waals surface area contributed by atoms with Gasteiger partial charge in [-0.25, -0.2) is 0 Å². The van der Waals surface area contributed by atoms with E-state index in [2.05, 4.69) is 5.32 Å². The minimum atomic E-state index is -0.575. The van der Waals surface area contributed by atoms with Crippen LogP contribution >= 0.6 is 0 Å². The first kappa shape index (κ1) is 17.0. The van der Waals surface area contributed by atoms with Crippen molar-refractivity contribution in [2.24, 2.45) is 0 Å². The quantitative estimate of drug-likeness (QED) is 0.651. The lowest BCUT2D eigenvalue weighted by molar-refractivity contribution is -0.385. The molecule has 1 heterocycles. The van der Waals surface area contributed by atoms with Gasteiger partial charge in [0.25, 0.3) is 11.6 Å². The van der Waals surface area contributed by atoms with Crippen molar-refractivity contribution in [3.8, 4) is 11.5 Å². The fraction of sp³-hybridized carbons (Fsp3) is 0.533. The van der Waals surface area contributed by atoms with E-state index >= 15 is 0 Å². The number of nitrogens with zero attached hydrogens (tertiary/aromatic N) is 2. The number of nitro benzene ring substituents is 1. The predicted octanol–water partition coefficient (Wildman–Crippen LogP) is 1.44. The van der Waals surface area contributed by atoms with Gasteiger partial charge in [0, 0.05) is 25.2 Å². The summed E-state index contributed by atoms with van der Waals surface area (Å²) in [6.07, 6.45) is 1.84. The molecule has 0 aliphatic carbocycles. The number of nitro groups is 1. The molecule has 1 aliphatic rings. The van der Waals surface area contributed by atoms with E-state index in [1.807, 2.05) is 7.05 Å². The molecule has 1 aromatic carbocycles. The summed E-state index contributed by atoms with van der Waals surface area (Å²) in [6.45, 7) is 1.11. The van der Waals surface area contributed by atoms with Gasteiger partial charge in [-0.05, 0) is 19.9 Å². The lowest BCUT2D eigenvalue weighted by Gasteiger charge is -2.32. The van der Waals surface area contributed by atoms with Gasteiger partial charge in [0.05, 0.1) is 25.2 Å². The third kappa shape index (κ3) is 3.53. The maximum Gasteiger partial charge on any atom is 0.286 e. The van der Waals surface area contributed by atoms with Gasteiger partial charge in [-0.3, -0.25) is 14.9 Å². The highest BCUT2D eigenvalue weighted by Crippen LogP contribution is 2.35. The molecule has 8 heteroatoms. The zero-order valence-corrected chi connectivity index (χ0v) is 13.5. The molecular formula is C15H21N3O5. The number of methoxy groups -OCH3 is 2. The minimum Gasteiger partial charge on any atom is -0.493 e. The molecule has 2 rings (SSSR count). The van der Waals surface area contributed by atoms with Crippen LogP contribution in [0.3, 0.4) is 0 Å². The van der Waals surface area contributed by atoms with Gasteiger partial charge >= 0.3 is 0 Å². The number of likely N-dealkylation sites (N-methyl/N-ethyl adjacent to an activating group) is 1. The summed E-state index contributed by atoms with van der Waals surface area (Å²) in [5.41, 5.74) is -0.261. The number of rotatable bonds is 5. The number of ether oxygens (including phenoxy) is 2. The monoisotopic (exact) mass is 323 g/mol. The number of nitrogens with one attached hydrogen (secondary N) is 1. The molecule has 1 saturated heterocycles. The van der Waals surface area contributed by atoms with Crippen molar-refractivity contribution < 1.29 is 19.2 Å². The highest BCUT2D eigenvalue weighted by molar-refractivity contribution is 5.99. The lowest BCUT2D eigenvalue weighted by atomic mass is 10.0. The maximum absolute atomic E-state index is 12.8. The summed E-state index contributed by atoms with van der Waals surface area (Å²) < 4.78 is 10.2. The molecule has 0 aromatic heterocycles. The summed E-state index contributed by atoms with van der Waals surface area (Å²) in [5.74, 6) is 0.156. The second kappa shape index (κ2) is 7.28. The van der Waals surface area contributed by atoms with Gasteiger partial charge in [-0.15, -0.1) is 0 Å². The Morgan fingerprint density at radius 2 is 2.00 bits per heavy atom. The number of carbonyl (C=O) groups is 1. The smallest absolute Gasteiger partial charge is 0.286 e. The van der Waals surface area contributed by atoms with Crippen LogP contribution < -0.4 is 14.8 Å². The number of benzene rings is 1. The first-order valence-electron chi connectivity index (χ1n) is 7.38. The Hall–Kier alpha value is -2.35.